The summed E-state index contributed by atoms with van der Waals surface area (Å²) in [6.45, 7) is 1.73. The number of benzene rings is 2. The summed E-state index contributed by atoms with van der Waals surface area (Å²) < 4.78 is 4.96. The van der Waals surface area contributed by atoms with Crippen LogP contribution in [-0.4, -0.2) is 38.1 Å². The number of tetrazole rings is 1. The van der Waals surface area contributed by atoms with Gasteiger partial charge in [-0.25, -0.2) is 0 Å². The number of nitro groups is 1. The molecule has 0 atom stereocenters. The number of methoxy groups -OCH3 is 1. The number of hydrogen-bond acceptors (Lipinski definition) is 7. The van der Waals surface area contributed by atoms with Crippen LogP contribution >= 0.6 is 0 Å². The Labute approximate surface area is 153 Å². The van der Waals surface area contributed by atoms with Crippen molar-refractivity contribution in [2.75, 3.05) is 12.4 Å². The second kappa shape index (κ2) is 7.60. The summed E-state index contributed by atoms with van der Waals surface area (Å²) in [6.07, 6.45) is 0. The molecule has 10 nitrogen and oxygen atoms in total. The molecule has 1 aromatic heterocycles. The van der Waals surface area contributed by atoms with E-state index in [0.29, 0.717) is 11.6 Å². The first-order valence-corrected chi connectivity index (χ1v) is 7.93. The van der Waals surface area contributed by atoms with Gasteiger partial charge >= 0.3 is 0 Å². The number of nitro benzene ring substituents is 1. The molecule has 0 radical (unpaired) electrons. The average molecular weight is 368 g/mol. The molecule has 0 saturated heterocycles. The van der Waals surface area contributed by atoms with Crippen molar-refractivity contribution >= 4 is 17.3 Å². The summed E-state index contributed by atoms with van der Waals surface area (Å²) in [4.78, 5) is 23.9. The Morgan fingerprint density at radius 1 is 1.26 bits per heavy atom. The molecule has 0 bridgehead atoms. The number of amides is 1. The first-order valence-electron chi connectivity index (χ1n) is 7.93. The number of carbonyl (C=O) groups is 1. The Bertz CT molecular complexity index is 983. The maximum absolute atomic E-state index is 12.2. The van der Waals surface area contributed by atoms with Crippen LogP contribution in [0.1, 0.15) is 5.56 Å². The van der Waals surface area contributed by atoms with Crippen LogP contribution in [0, 0.1) is 17.0 Å². The minimum atomic E-state index is -0.596. The molecule has 1 N–H and O–H groups in total. The van der Waals surface area contributed by atoms with Crippen molar-refractivity contribution < 1.29 is 14.5 Å². The van der Waals surface area contributed by atoms with E-state index in [1.54, 1.807) is 0 Å². The third-order valence-corrected chi connectivity index (χ3v) is 3.72. The Morgan fingerprint density at radius 2 is 2.00 bits per heavy atom. The quantitative estimate of drug-likeness (QED) is 0.522. The zero-order valence-electron chi connectivity index (χ0n) is 14.6. The van der Waals surface area contributed by atoms with Gasteiger partial charge in [0.2, 0.25) is 11.7 Å². The highest BCUT2D eigenvalue weighted by molar-refractivity contribution is 5.93. The van der Waals surface area contributed by atoms with Crippen molar-refractivity contribution in [3.63, 3.8) is 0 Å². The fourth-order valence-electron chi connectivity index (χ4n) is 2.34. The van der Waals surface area contributed by atoms with Gasteiger partial charge in [0.25, 0.3) is 5.69 Å². The van der Waals surface area contributed by atoms with E-state index in [-0.39, 0.29) is 17.9 Å². The molecule has 1 heterocycles. The molecule has 0 fully saturated rings. The Kier molecular flexibility index (Phi) is 5.06. The predicted octanol–water partition coefficient (Wildman–Crippen LogP) is 2.20. The predicted molar refractivity (Wildman–Crippen MR) is 96.3 cm³/mol. The summed E-state index contributed by atoms with van der Waals surface area (Å²) >= 11 is 0. The fourth-order valence-corrected chi connectivity index (χ4v) is 2.34. The van der Waals surface area contributed by atoms with E-state index in [4.69, 9.17) is 4.74 Å². The zero-order valence-corrected chi connectivity index (χ0v) is 14.6. The average Bonchev–Trinajstić information content (AvgIpc) is 3.10. The molecular weight excluding hydrogens is 352 g/mol. The standard InChI is InChI=1S/C17H16N6O4/c1-11-3-5-12(6-4-11)17-19-21-22(20-17)10-16(24)18-14-8-7-13(27-2)9-15(14)23(25)26/h3-9H,10H2,1-2H3,(H,18,24). The monoisotopic (exact) mass is 368 g/mol. The van der Waals surface area contributed by atoms with E-state index in [9.17, 15) is 14.9 Å². The van der Waals surface area contributed by atoms with Crippen molar-refractivity contribution in [1.29, 1.82) is 0 Å². The van der Waals surface area contributed by atoms with Crippen LogP contribution in [0.5, 0.6) is 5.75 Å². The van der Waals surface area contributed by atoms with Gasteiger partial charge in [0.1, 0.15) is 18.0 Å². The molecule has 2 aromatic carbocycles. The van der Waals surface area contributed by atoms with Crippen LogP contribution in [0.3, 0.4) is 0 Å². The van der Waals surface area contributed by atoms with Gasteiger partial charge in [0.15, 0.2) is 0 Å². The molecule has 138 valence electrons. The molecule has 27 heavy (non-hydrogen) atoms. The van der Waals surface area contributed by atoms with Gasteiger partial charge < -0.3 is 10.1 Å². The van der Waals surface area contributed by atoms with Crippen molar-refractivity contribution in [1.82, 2.24) is 20.2 Å². The maximum atomic E-state index is 12.2. The molecular formula is C17H16N6O4. The number of carbonyl (C=O) groups excluding carboxylic acids is 1. The highest BCUT2D eigenvalue weighted by Crippen LogP contribution is 2.28. The molecule has 0 aliphatic rings. The lowest BCUT2D eigenvalue weighted by Gasteiger charge is -2.07. The van der Waals surface area contributed by atoms with Gasteiger partial charge in [0, 0.05) is 5.56 Å². The van der Waals surface area contributed by atoms with Crippen molar-refractivity contribution in [3.8, 4) is 17.1 Å². The van der Waals surface area contributed by atoms with Gasteiger partial charge in [-0.1, -0.05) is 29.8 Å². The zero-order chi connectivity index (χ0) is 19.4. The lowest BCUT2D eigenvalue weighted by molar-refractivity contribution is -0.384. The minimum Gasteiger partial charge on any atom is -0.496 e. The third kappa shape index (κ3) is 4.24. The van der Waals surface area contributed by atoms with E-state index < -0.39 is 10.8 Å². The van der Waals surface area contributed by atoms with Crippen LogP contribution in [0.15, 0.2) is 42.5 Å². The van der Waals surface area contributed by atoms with Crippen LogP contribution < -0.4 is 10.1 Å². The first kappa shape index (κ1) is 18.0. The molecule has 0 aliphatic carbocycles. The largest absolute Gasteiger partial charge is 0.496 e. The van der Waals surface area contributed by atoms with Gasteiger partial charge in [-0.2, -0.15) is 4.80 Å². The fraction of sp³-hybridized carbons (Fsp3) is 0.176. The summed E-state index contributed by atoms with van der Waals surface area (Å²) in [7, 11) is 1.40. The second-order valence-electron chi connectivity index (χ2n) is 5.70. The number of hydrogen-bond donors (Lipinski definition) is 1. The Hall–Kier alpha value is -3.82. The molecule has 3 aromatic rings. The molecule has 0 unspecified atom stereocenters. The summed E-state index contributed by atoms with van der Waals surface area (Å²) in [5.41, 5.74) is 1.67. The van der Waals surface area contributed by atoms with Gasteiger partial charge in [-0.15, -0.1) is 10.2 Å². The van der Waals surface area contributed by atoms with Crippen molar-refractivity contribution in [2.45, 2.75) is 13.5 Å². The van der Waals surface area contributed by atoms with E-state index >= 15 is 0 Å². The second-order valence-corrected chi connectivity index (χ2v) is 5.70. The van der Waals surface area contributed by atoms with Gasteiger partial charge in [-0.05, 0) is 24.3 Å². The van der Waals surface area contributed by atoms with Crippen LogP contribution in [-0.2, 0) is 11.3 Å². The first-order chi connectivity index (χ1) is 13.0. The molecule has 0 saturated carbocycles. The van der Waals surface area contributed by atoms with E-state index in [0.717, 1.165) is 15.9 Å². The molecule has 0 aliphatic heterocycles. The number of nitrogens with one attached hydrogen (secondary N) is 1. The van der Waals surface area contributed by atoms with Crippen LogP contribution in [0.25, 0.3) is 11.4 Å². The minimum absolute atomic E-state index is 0.0599. The number of aromatic nitrogens is 4. The summed E-state index contributed by atoms with van der Waals surface area (Å²) in [5, 5.41) is 25.6. The van der Waals surface area contributed by atoms with Crippen molar-refractivity contribution in [2.24, 2.45) is 0 Å². The SMILES string of the molecule is COc1ccc(NC(=O)Cn2nnc(-c3ccc(C)cc3)n2)c([N+](=O)[O-])c1. The topological polar surface area (TPSA) is 125 Å². The highest BCUT2D eigenvalue weighted by atomic mass is 16.6. The maximum Gasteiger partial charge on any atom is 0.296 e. The van der Waals surface area contributed by atoms with Gasteiger partial charge in [0.05, 0.1) is 18.1 Å². The Morgan fingerprint density at radius 3 is 2.67 bits per heavy atom. The van der Waals surface area contributed by atoms with Crippen molar-refractivity contribution in [3.05, 3.63) is 58.1 Å². The number of rotatable bonds is 6. The van der Waals surface area contributed by atoms with Gasteiger partial charge in [-0.3, -0.25) is 14.9 Å². The lowest BCUT2D eigenvalue weighted by Crippen LogP contribution is -2.21. The van der Waals surface area contributed by atoms with Crippen LogP contribution in [0.4, 0.5) is 11.4 Å². The van der Waals surface area contributed by atoms with E-state index in [1.165, 1.54) is 25.3 Å². The molecule has 10 heteroatoms. The Balaban J connectivity index is 1.72. The summed E-state index contributed by atoms with van der Waals surface area (Å²) in [6, 6.07) is 11.7. The third-order valence-electron chi connectivity index (χ3n) is 3.72. The number of ether oxygens (including phenoxy) is 1. The lowest BCUT2D eigenvalue weighted by atomic mass is 10.1. The highest BCUT2D eigenvalue weighted by Gasteiger charge is 2.18. The molecule has 3 rings (SSSR count). The normalized spacial score (nSPS) is 10.4. The van der Waals surface area contributed by atoms with E-state index in [2.05, 4.69) is 20.7 Å². The molecule has 0 spiro atoms. The number of anilines is 1. The number of aryl methyl sites for hydroxylation is 1. The summed E-state index contributed by atoms with van der Waals surface area (Å²) in [5.74, 6) is 0.190. The van der Waals surface area contributed by atoms with E-state index in [1.807, 2.05) is 31.2 Å². The van der Waals surface area contributed by atoms with Crippen LogP contribution in [0.2, 0.25) is 0 Å². The smallest absolute Gasteiger partial charge is 0.296 e. The number of nitrogens with zero attached hydrogens (tertiary/aromatic N) is 5. The molecule has 1 amide bonds.